The second kappa shape index (κ2) is 13.1. The first kappa shape index (κ1) is 39.2. The lowest BCUT2D eigenvalue weighted by atomic mass is 9.33. The van der Waals surface area contributed by atoms with E-state index in [9.17, 15) is 29.4 Å². The summed E-state index contributed by atoms with van der Waals surface area (Å²) >= 11 is 0. The number of aliphatic hydroxyl groups is 2. The Morgan fingerprint density at radius 2 is 1.37 bits per heavy atom. The minimum atomic E-state index is -1.47. The van der Waals surface area contributed by atoms with Crippen LogP contribution in [-0.2, 0) is 42.9 Å². The predicted octanol–water partition coefficient (Wildman–Crippen LogP) is 5.81. The number of carbonyl (C=O) groups excluding carboxylic acids is 4. The van der Waals surface area contributed by atoms with Crippen molar-refractivity contribution >= 4 is 23.9 Å². The molecule has 13 atom stereocenters. The van der Waals surface area contributed by atoms with Crippen molar-refractivity contribution in [2.45, 2.75) is 164 Å². The number of carbonyl (C=O) groups is 4. The summed E-state index contributed by atoms with van der Waals surface area (Å²) in [4.78, 5) is 51.3. The Bertz CT molecular complexity index is 1500. The van der Waals surface area contributed by atoms with Crippen LogP contribution in [0.2, 0.25) is 0 Å². The van der Waals surface area contributed by atoms with Gasteiger partial charge in [-0.1, -0.05) is 60.1 Å². The topological polar surface area (TPSA) is 155 Å². The van der Waals surface area contributed by atoms with Crippen molar-refractivity contribution in [3.8, 4) is 0 Å². The van der Waals surface area contributed by atoms with Crippen LogP contribution in [0.5, 0.6) is 0 Å². The quantitative estimate of drug-likeness (QED) is 0.200. The van der Waals surface area contributed by atoms with Crippen LogP contribution < -0.4 is 0 Å². The Balaban J connectivity index is 1.37. The molecule has 11 nitrogen and oxygen atoms in total. The smallest absolute Gasteiger partial charge is 0.317 e. The summed E-state index contributed by atoms with van der Waals surface area (Å²) in [7, 11) is 0. The van der Waals surface area contributed by atoms with Crippen LogP contribution in [0.15, 0.2) is 11.6 Å². The van der Waals surface area contributed by atoms with E-state index in [1.807, 2.05) is 0 Å². The molecule has 1 saturated heterocycles. The molecular weight excluding hydrogens is 668 g/mol. The molecule has 0 bridgehead atoms. The van der Waals surface area contributed by atoms with Crippen molar-refractivity contribution in [1.29, 1.82) is 0 Å². The number of hydrogen-bond donors (Lipinski definition) is 2. The average molecular weight is 731 g/mol. The monoisotopic (exact) mass is 730 g/mol. The molecule has 1 heterocycles. The minimum absolute atomic E-state index is 0.0253. The van der Waals surface area contributed by atoms with E-state index >= 15 is 0 Å². The van der Waals surface area contributed by atoms with Crippen LogP contribution in [0.1, 0.15) is 127 Å². The first-order chi connectivity index (χ1) is 24.0. The molecule has 4 saturated carbocycles. The molecule has 0 amide bonds. The van der Waals surface area contributed by atoms with Gasteiger partial charge in [0.15, 0.2) is 12.2 Å². The maximum absolute atomic E-state index is 14.9. The van der Waals surface area contributed by atoms with Gasteiger partial charge in [-0.15, -0.1) is 0 Å². The Hall–Kier alpha value is -2.50. The third-order valence-corrected chi connectivity index (χ3v) is 15.6. The third-order valence-electron chi connectivity index (χ3n) is 15.6. The maximum atomic E-state index is 14.9. The van der Waals surface area contributed by atoms with Gasteiger partial charge in [0, 0.05) is 20.8 Å². The van der Waals surface area contributed by atoms with Crippen LogP contribution in [-0.4, -0.2) is 77.5 Å². The molecule has 1 aliphatic heterocycles. The van der Waals surface area contributed by atoms with E-state index in [0.717, 1.165) is 32.1 Å². The average Bonchev–Trinajstić information content (AvgIpc) is 3.01. The summed E-state index contributed by atoms with van der Waals surface area (Å²) in [5.74, 6) is -2.28. The summed E-state index contributed by atoms with van der Waals surface area (Å²) in [6, 6.07) is 0. The van der Waals surface area contributed by atoms with E-state index in [4.69, 9.17) is 23.7 Å². The molecule has 0 aromatic heterocycles. The second-order valence-corrected chi connectivity index (χ2v) is 19.3. The lowest BCUT2D eigenvalue weighted by Crippen LogP contribution is -2.68. The van der Waals surface area contributed by atoms with E-state index in [-0.39, 0.29) is 45.7 Å². The number of esters is 4. The van der Waals surface area contributed by atoms with Gasteiger partial charge in [0.25, 0.3) is 0 Å². The van der Waals surface area contributed by atoms with E-state index in [1.54, 1.807) is 0 Å². The Labute approximate surface area is 308 Å². The standard InChI is InChI=1S/C41H62O11/c1-22(42)49-27-21-48-34(33(51-24(3)44)32(27)50-23(2)43)52-35(47)41-18-17-36(4,5)19-26(41)25-11-12-29-38(8)15-14-30(45)37(6,7)28(38)13-16-39(29,9)40(25,10)20-31(41)46/h11,26-34,45-46H,12-21H2,1-10H3/t26?,27-,28?,29?,30+,31-,32-,33+,34?,38+,39-,40-,41-/m1/s1. The van der Waals surface area contributed by atoms with Gasteiger partial charge in [0.2, 0.25) is 12.4 Å². The Kier molecular flexibility index (Phi) is 9.85. The lowest BCUT2D eigenvalue weighted by Gasteiger charge is -2.71. The summed E-state index contributed by atoms with van der Waals surface area (Å²) in [6.07, 6.45) is 2.57. The molecule has 5 aliphatic carbocycles. The molecule has 0 spiro atoms. The fourth-order valence-corrected chi connectivity index (χ4v) is 12.7. The molecule has 0 aromatic carbocycles. The van der Waals surface area contributed by atoms with E-state index in [1.165, 1.54) is 26.3 Å². The van der Waals surface area contributed by atoms with Gasteiger partial charge in [0.05, 0.1) is 18.8 Å². The number of hydrogen-bond acceptors (Lipinski definition) is 11. The largest absolute Gasteiger partial charge is 0.456 e. The van der Waals surface area contributed by atoms with Crippen molar-refractivity contribution < 1.29 is 53.1 Å². The zero-order valence-corrected chi connectivity index (χ0v) is 32.9. The van der Waals surface area contributed by atoms with Crippen molar-refractivity contribution in [3.63, 3.8) is 0 Å². The first-order valence-electron chi connectivity index (χ1n) is 19.4. The Morgan fingerprint density at radius 3 is 2.00 bits per heavy atom. The lowest BCUT2D eigenvalue weighted by molar-refractivity contribution is -0.282. The summed E-state index contributed by atoms with van der Waals surface area (Å²) < 4.78 is 28.5. The molecule has 4 unspecified atom stereocenters. The molecule has 6 rings (SSSR count). The number of aliphatic hydroxyl groups excluding tert-OH is 2. The number of ether oxygens (including phenoxy) is 5. The summed E-state index contributed by atoms with van der Waals surface area (Å²) in [5.41, 5.74) is -0.840. The highest BCUT2D eigenvalue weighted by molar-refractivity contribution is 5.80. The molecule has 11 heteroatoms. The molecule has 52 heavy (non-hydrogen) atoms. The molecule has 0 radical (unpaired) electrons. The highest BCUT2D eigenvalue weighted by atomic mass is 16.7. The normalized spacial score (nSPS) is 46.1. The van der Waals surface area contributed by atoms with Gasteiger partial charge in [-0.3, -0.25) is 19.2 Å². The number of rotatable bonds is 5. The zero-order chi connectivity index (χ0) is 38.4. The summed E-state index contributed by atoms with van der Waals surface area (Å²) in [6.45, 7) is 19.4. The summed E-state index contributed by atoms with van der Waals surface area (Å²) in [5, 5.41) is 23.7. The van der Waals surface area contributed by atoms with E-state index < -0.39 is 60.0 Å². The van der Waals surface area contributed by atoms with E-state index in [0.29, 0.717) is 37.5 Å². The fourth-order valence-electron chi connectivity index (χ4n) is 12.7. The van der Waals surface area contributed by atoms with Crippen LogP contribution in [0.25, 0.3) is 0 Å². The van der Waals surface area contributed by atoms with Gasteiger partial charge in [-0.25, -0.2) is 0 Å². The van der Waals surface area contributed by atoms with Crippen LogP contribution >= 0.6 is 0 Å². The molecule has 6 aliphatic rings. The highest BCUT2D eigenvalue weighted by Gasteiger charge is 2.71. The SMILES string of the molecule is CC(=O)O[C@H]1[C@H](OC(C)=O)C(OC(=O)[C@]23CCC(C)(C)CC2C2=CCC4[C@@]5(C)CC[C@H](O)C(C)(C)C5CC[C@@]4(C)[C@]2(C)C[C@H]3O)OC[C@H]1OC(C)=O. The van der Waals surface area contributed by atoms with Gasteiger partial charge < -0.3 is 33.9 Å². The van der Waals surface area contributed by atoms with Crippen molar-refractivity contribution in [3.05, 3.63) is 11.6 Å². The second-order valence-electron chi connectivity index (χ2n) is 19.3. The minimum Gasteiger partial charge on any atom is -0.456 e. The van der Waals surface area contributed by atoms with Crippen LogP contribution in [0.4, 0.5) is 0 Å². The van der Waals surface area contributed by atoms with Crippen molar-refractivity contribution in [2.75, 3.05) is 6.61 Å². The number of fused-ring (bicyclic) bond motifs is 7. The van der Waals surface area contributed by atoms with Crippen molar-refractivity contribution in [1.82, 2.24) is 0 Å². The zero-order valence-electron chi connectivity index (χ0n) is 32.9. The van der Waals surface area contributed by atoms with Gasteiger partial charge in [-0.2, -0.15) is 0 Å². The fraction of sp³-hybridized carbons (Fsp3) is 0.854. The van der Waals surface area contributed by atoms with Crippen molar-refractivity contribution in [2.24, 2.45) is 50.2 Å². The number of allylic oxidation sites excluding steroid dienone is 2. The molecular formula is C41H62O11. The van der Waals surface area contributed by atoms with E-state index in [2.05, 4.69) is 54.5 Å². The molecule has 5 fully saturated rings. The van der Waals surface area contributed by atoms with Crippen LogP contribution in [0, 0.1) is 50.2 Å². The van der Waals surface area contributed by atoms with Gasteiger partial charge in [0.1, 0.15) is 5.41 Å². The first-order valence-corrected chi connectivity index (χ1v) is 19.4. The Morgan fingerprint density at radius 1 is 0.731 bits per heavy atom. The van der Waals surface area contributed by atoms with Crippen LogP contribution in [0.3, 0.4) is 0 Å². The molecule has 292 valence electrons. The molecule has 0 aromatic rings. The van der Waals surface area contributed by atoms with Gasteiger partial charge >= 0.3 is 23.9 Å². The predicted molar refractivity (Wildman–Crippen MR) is 189 cm³/mol. The van der Waals surface area contributed by atoms with Gasteiger partial charge in [-0.05, 0) is 103 Å². The highest BCUT2D eigenvalue weighted by Crippen LogP contribution is 2.75. The third kappa shape index (κ3) is 5.94. The molecule has 2 N–H and O–H groups in total. The maximum Gasteiger partial charge on any atom is 0.317 e.